The van der Waals surface area contributed by atoms with Gasteiger partial charge in [0.05, 0.1) is 0 Å². The molecule has 12 heavy (non-hydrogen) atoms. The third-order valence-electron chi connectivity index (χ3n) is 3.47. The maximum Gasteiger partial charge on any atom is 0.0326 e. The Morgan fingerprint density at radius 3 is 2.00 bits per heavy atom. The van der Waals surface area contributed by atoms with Crippen molar-refractivity contribution in [3.8, 4) is 0 Å². The van der Waals surface area contributed by atoms with Gasteiger partial charge in [-0.15, -0.1) is 0 Å². The lowest BCUT2D eigenvalue weighted by atomic mass is 9.91. The highest BCUT2D eigenvalue weighted by Gasteiger charge is 2.33. The van der Waals surface area contributed by atoms with Crippen LogP contribution in [0.2, 0.25) is 0 Å². The second kappa shape index (κ2) is 4.24. The number of hydrogen-bond donors (Lipinski definition) is 1. The summed E-state index contributed by atoms with van der Waals surface area (Å²) in [4.78, 5) is 2.59. The molecule has 0 unspecified atom stereocenters. The van der Waals surface area contributed by atoms with E-state index in [1.165, 1.54) is 38.8 Å². The molecule has 1 fully saturated rings. The molecule has 0 aliphatic carbocycles. The molecular weight excluding hydrogens is 148 g/mol. The van der Waals surface area contributed by atoms with E-state index >= 15 is 0 Å². The highest BCUT2D eigenvalue weighted by atomic mass is 15.2. The van der Waals surface area contributed by atoms with E-state index in [1.807, 2.05) is 0 Å². The maximum absolute atomic E-state index is 5.87. The summed E-state index contributed by atoms with van der Waals surface area (Å²) in [5.41, 5.74) is 6.18. The summed E-state index contributed by atoms with van der Waals surface area (Å²) >= 11 is 0. The highest BCUT2D eigenvalue weighted by molar-refractivity contribution is 4.91. The molecule has 2 heteroatoms. The predicted octanol–water partition coefficient (Wildman–Crippen LogP) is 1.60. The Morgan fingerprint density at radius 2 is 1.67 bits per heavy atom. The molecule has 0 radical (unpaired) electrons. The fraction of sp³-hybridized carbons (Fsp3) is 1.00. The molecular formula is C10H22N2. The molecule has 0 aromatic rings. The first-order chi connectivity index (χ1) is 5.79. The van der Waals surface area contributed by atoms with Crippen LogP contribution in [0.15, 0.2) is 0 Å². The van der Waals surface area contributed by atoms with Crippen LogP contribution in [0.3, 0.4) is 0 Å². The van der Waals surface area contributed by atoms with Crippen LogP contribution in [0, 0.1) is 0 Å². The lowest BCUT2D eigenvalue weighted by Gasteiger charge is -2.39. The smallest absolute Gasteiger partial charge is 0.0326 e. The van der Waals surface area contributed by atoms with Crippen molar-refractivity contribution in [3.05, 3.63) is 0 Å². The van der Waals surface area contributed by atoms with Crippen molar-refractivity contribution in [2.75, 3.05) is 19.6 Å². The zero-order valence-corrected chi connectivity index (χ0v) is 8.47. The minimum atomic E-state index is 0.316. The highest BCUT2D eigenvalue weighted by Crippen LogP contribution is 2.26. The molecule has 0 saturated carbocycles. The quantitative estimate of drug-likeness (QED) is 0.694. The number of likely N-dealkylation sites (tertiary alicyclic amines) is 1. The van der Waals surface area contributed by atoms with Gasteiger partial charge in [-0.2, -0.15) is 0 Å². The van der Waals surface area contributed by atoms with E-state index in [4.69, 9.17) is 5.73 Å². The number of nitrogens with two attached hydrogens (primary N) is 1. The predicted molar refractivity (Wildman–Crippen MR) is 53.2 cm³/mol. The second-order valence-electron chi connectivity index (χ2n) is 3.83. The molecule has 0 aromatic heterocycles. The third-order valence-corrected chi connectivity index (χ3v) is 3.47. The zero-order chi connectivity index (χ0) is 9.03. The first kappa shape index (κ1) is 10.0. The normalized spacial score (nSPS) is 20.2. The van der Waals surface area contributed by atoms with Crippen molar-refractivity contribution in [1.29, 1.82) is 0 Å². The van der Waals surface area contributed by atoms with Gasteiger partial charge in [0, 0.05) is 12.1 Å². The monoisotopic (exact) mass is 170 g/mol. The molecule has 2 N–H and O–H groups in total. The third kappa shape index (κ3) is 1.64. The molecule has 0 amide bonds. The molecule has 0 spiro atoms. The van der Waals surface area contributed by atoms with Gasteiger partial charge in [-0.05, 0) is 38.8 Å². The van der Waals surface area contributed by atoms with Crippen LogP contribution in [-0.4, -0.2) is 30.1 Å². The van der Waals surface area contributed by atoms with Crippen LogP contribution in [0.4, 0.5) is 0 Å². The van der Waals surface area contributed by atoms with Gasteiger partial charge in [0.1, 0.15) is 0 Å². The van der Waals surface area contributed by atoms with Gasteiger partial charge in [-0.25, -0.2) is 0 Å². The van der Waals surface area contributed by atoms with Gasteiger partial charge < -0.3 is 5.73 Å². The Labute approximate surface area is 76.1 Å². The largest absolute Gasteiger partial charge is 0.329 e. The zero-order valence-electron chi connectivity index (χ0n) is 8.47. The molecule has 0 aromatic carbocycles. The first-order valence-corrected chi connectivity index (χ1v) is 5.24. The average molecular weight is 170 g/mol. The Morgan fingerprint density at radius 1 is 1.17 bits per heavy atom. The van der Waals surface area contributed by atoms with Crippen LogP contribution in [0.1, 0.15) is 39.5 Å². The van der Waals surface area contributed by atoms with Gasteiger partial charge >= 0.3 is 0 Å². The van der Waals surface area contributed by atoms with E-state index in [0.717, 1.165) is 6.54 Å². The molecule has 0 atom stereocenters. The summed E-state index contributed by atoms with van der Waals surface area (Å²) in [5, 5.41) is 0. The van der Waals surface area contributed by atoms with E-state index in [2.05, 4.69) is 18.7 Å². The topological polar surface area (TPSA) is 29.3 Å². The second-order valence-corrected chi connectivity index (χ2v) is 3.83. The van der Waals surface area contributed by atoms with Gasteiger partial charge in [0.15, 0.2) is 0 Å². The lowest BCUT2D eigenvalue weighted by molar-refractivity contribution is 0.114. The minimum Gasteiger partial charge on any atom is -0.329 e. The van der Waals surface area contributed by atoms with Crippen LogP contribution in [-0.2, 0) is 0 Å². The van der Waals surface area contributed by atoms with Gasteiger partial charge in [-0.1, -0.05) is 13.8 Å². The van der Waals surface area contributed by atoms with Crippen molar-refractivity contribution in [2.24, 2.45) is 5.73 Å². The summed E-state index contributed by atoms with van der Waals surface area (Å²) < 4.78 is 0. The summed E-state index contributed by atoms with van der Waals surface area (Å²) in [7, 11) is 0. The molecule has 0 bridgehead atoms. The Bertz CT molecular complexity index is 116. The van der Waals surface area contributed by atoms with E-state index in [1.54, 1.807) is 0 Å². The Kier molecular flexibility index (Phi) is 3.53. The molecule has 72 valence electrons. The standard InChI is InChI=1S/C10H22N2/c1-3-10(4-2,9-11)12-7-5-6-8-12/h3-9,11H2,1-2H3. The minimum absolute atomic E-state index is 0.316. The average Bonchev–Trinajstić information content (AvgIpc) is 2.62. The fourth-order valence-corrected chi connectivity index (χ4v) is 2.31. The van der Waals surface area contributed by atoms with Gasteiger partial charge in [-0.3, -0.25) is 4.90 Å². The first-order valence-electron chi connectivity index (χ1n) is 5.24. The summed E-state index contributed by atoms with van der Waals surface area (Å²) in [6.45, 7) is 7.86. The Hall–Kier alpha value is -0.0800. The van der Waals surface area contributed by atoms with Gasteiger partial charge in [0.2, 0.25) is 0 Å². The van der Waals surface area contributed by atoms with Crippen molar-refractivity contribution in [2.45, 2.75) is 45.1 Å². The van der Waals surface area contributed by atoms with Crippen molar-refractivity contribution in [3.63, 3.8) is 0 Å². The van der Waals surface area contributed by atoms with Crippen LogP contribution >= 0.6 is 0 Å². The van der Waals surface area contributed by atoms with Crippen LogP contribution < -0.4 is 5.73 Å². The SMILES string of the molecule is CCC(CC)(CN)N1CCCC1. The molecule has 2 nitrogen and oxygen atoms in total. The molecule has 1 aliphatic rings. The van der Waals surface area contributed by atoms with Crippen LogP contribution in [0.5, 0.6) is 0 Å². The number of rotatable bonds is 4. The van der Waals surface area contributed by atoms with E-state index < -0.39 is 0 Å². The van der Waals surface area contributed by atoms with Crippen molar-refractivity contribution in [1.82, 2.24) is 4.90 Å². The summed E-state index contributed by atoms with van der Waals surface area (Å²) in [6, 6.07) is 0. The van der Waals surface area contributed by atoms with E-state index in [0.29, 0.717) is 5.54 Å². The summed E-state index contributed by atoms with van der Waals surface area (Å²) in [6.07, 6.45) is 5.11. The van der Waals surface area contributed by atoms with E-state index in [-0.39, 0.29) is 0 Å². The number of hydrogen-bond acceptors (Lipinski definition) is 2. The van der Waals surface area contributed by atoms with Crippen molar-refractivity contribution >= 4 is 0 Å². The van der Waals surface area contributed by atoms with Crippen LogP contribution in [0.25, 0.3) is 0 Å². The fourth-order valence-electron chi connectivity index (χ4n) is 2.31. The van der Waals surface area contributed by atoms with E-state index in [9.17, 15) is 0 Å². The molecule has 1 rings (SSSR count). The maximum atomic E-state index is 5.87. The molecule has 1 saturated heterocycles. The van der Waals surface area contributed by atoms with Gasteiger partial charge in [0.25, 0.3) is 0 Å². The molecule has 1 aliphatic heterocycles. The number of nitrogens with zero attached hydrogens (tertiary/aromatic N) is 1. The molecule has 1 heterocycles. The Balaban J connectivity index is 2.61. The lowest BCUT2D eigenvalue weighted by Crippen LogP contribution is -2.51. The van der Waals surface area contributed by atoms with Crippen molar-refractivity contribution < 1.29 is 0 Å². The summed E-state index contributed by atoms with van der Waals surface area (Å²) in [5.74, 6) is 0.